The number of carbonyl (C=O) groups excluding carboxylic acids is 2. The number of hydrogen-bond donors (Lipinski definition) is 2. The van der Waals surface area contributed by atoms with Crippen LogP contribution < -0.4 is 14.9 Å². The van der Waals surface area contributed by atoms with Crippen molar-refractivity contribution in [2.24, 2.45) is 0 Å². The van der Waals surface area contributed by atoms with E-state index in [2.05, 4.69) is 10.0 Å². The molecular formula is C19H21N3O4S. The van der Waals surface area contributed by atoms with Crippen LogP contribution in [0.5, 0.6) is 0 Å². The Hall–Kier alpha value is -2.71. The van der Waals surface area contributed by atoms with Crippen LogP contribution in [0.3, 0.4) is 0 Å². The summed E-state index contributed by atoms with van der Waals surface area (Å²) in [5.74, 6) is -0.230. The van der Waals surface area contributed by atoms with Crippen LogP contribution in [-0.4, -0.2) is 33.3 Å². The van der Waals surface area contributed by atoms with E-state index in [1.807, 2.05) is 0 Å². The molecule has 0 atom stereocenters. The summed E-state index contributed by atoms with van der Waals surface area (Å²) in [7, 11) is -3.54. The van der Waals surface area contributed by atoms with Crippen LogP contribution in [0.1, 0.15) is 30.1 Å². The maximum absolute atomic E-state index is 12.4. The molecule has 0 aromatic heterocycles. The molecule has 2 N–H and O–H groups in total. The van der Waals surface area contributed by atoms with E-state index < -0.39 is 10.0 Å². The lowest BCUT2D eigenvalue weighted by molar-refractivity contribution is -0.117. The van der Waals surface area contributed by atoms with Crippen molar-refractivity contribution in [3.05, 3.63) is 54.1 Å². The number of nitrogens with zero attached hydrogens (tertiary/aromatic N) is 1. The Morgan fingerprint density at radius 3 is 2.30 bits per heavy atom. The molecule has 142 valence electrons. The first-order chi connectivity index (χ1) is 12.9. The van der Waals surface area contributed by atoms with Crippen molar-refractivity contribution in [1.29, 1.82) is 0 Å². The predicted octanol–water partition coefficient (Wildman–Crippen LogP) is 2.36. The van der Waals surface area contributed by atoms with E-state index in [-0.39, 0.29) is 16.7 Å². The lowest BCUT2D eigenvalue weighted by atomic mass is 10.2. The van der Waals surface area contributed by atoms with Gasteiger partial charge in [0, 0.05) is 36.4 Å². The van der Waals surface area contributed by atoms with Crippen molar-refractivity contribution in [3.8, 4) is 0 Å². The van der Waals surface area contributed by atoms with Crippen LogP contribution in [0.25, 0.3) is 0 Å². The van der Waals surface area contributed by atoms with E-state index in [1.54, 1.807) is 36.1 Å². The molecule has 1 saturated heterocycles. The van der Waals surface area contributed by atoms with Gasteiger partial charge in [0.05, 0.1) is 4.90 Å². The van der Waals surface area contributed by atoms with Gasteiger partial charge < -0.3 is 10.2 Å². The Morgan fingerprint density at radius 1 is 1.07 bits per heavy atom. The third-order valence-corrected chi connectivity index (χ3v) is 5.83. The van der Waals surface area contributed by atoms with E-state index in [4.69, 9.17) is 0 Å². The molecule has 2 aromatic rings. The van der Waals surface area contributed by atoms with E-state index in [9.17, 15) is 18.0 Å². The highest BCUT2D eigenvalue weighted by Gasteiger charge is 2.21. The van der Waals surface area contributed by atoms with Crippen LogP contribution in [0.4, 0.5) is 11.4 Å². The largest absolute Gasteiger partial charge is 0.322 e. The fraction of sp³-hybridized carbons (Fsp3) is 0.263. The number of hydrogen-bond acceptors (Lipinski definition) is 4. The highest BCUT2D eigenvalue weighted by atomic mass is 32.2. The monoisotopic (exact) mass is 387 g/mol. The molecule has 2 amide bonds. The summed E-state index contributed by atoms with van der Waals surface area (Å²) in [6, 6.07) is 12.8. The minimum atomic E-state index is -3.54. The molecule has 27 heavy (non-hydrogen) atoms. The highest BCUT2D eigenvalue weighted by molar-refractivity contribution is 7.89. The molecule has 1 fully saturated rings. The van der Waals surface area contributed by atoms with Gasteiger partial charge in [-0.25, -0.2) is 13.1 Å². The minimum absolute atomic E-state index is 0.111. The van der Waals surface area contributed by atoms with Gasteiger partial charge in [0.2, 0.25) is 15.9 Å². The summed E-state index contributed by atoms with van der Waals surface area (Å²) in [5, 5.41) is 2.76. The lowest BCUT2D eigenvalue weighted by Crippen LogP contribution is -2.23. The van der Waals surface area contributed by atoms with E-state index >= 15 is 0 Å². The van der Waals surface area contributed by atoms with E-state index in [1.165, 1.54) is 24.3 Å². The minimum Gasteiger partial charge on any atom is -0.322 e. The van der Waals surface area contributed by atoms with Crippen LogP contribution >= 0.6 is 0 Å². The summed E-state index contributed by atoms with van der Waals surface area (Å²) in [6.07, 6.45) is 1.43. The first-order valence-electron chi connectivity index (χ1n) is 8.72. The zero-order valence-corrected chi connectivity index (χ0v) is 15.8. The third-order valence-electron chi connectivity index (χ3n) is 4.27. The number of amides is 2. The number of sulfonamides is 1. The summed E-state index contributed by atoms with van der Waals surface area (Å²) in [4.78, 5) is 26.0. The second kappa shape index (κ2) is 7.89. The summed E-state index contributed by atoms with van der Waals surface area (Å²) in [6.45, 7) is 2.71. The fourth-order valence-electron chi connectivity index (χ4n) is 2.91. The number of nitrogens with one attached hydrogen (secondary N) is 2. The Kier molecular flexibility index (Phi) is 5.57. The smallest absolute Gasteiger partial charge is 0.255 e. The first-order valence-corrected chi connectivity index (χ1v) is 10.2. The molecule has 8 heteroatoms. The molecule has 0 bridgehead atoms. The molecule has 0 radical (unpaired) electrons. The van der Waals surface area contributed by atoms with Gasteiger partial charge in [0.15, 0.2) is 0 Å². The normalized spacial score (nSPS) is 14.4. The van der Waals surface area contributed by atoms with Crippen molar-refractivity contribution in [3.63, 3.8) is 0 Å². The van der Waals surface area contributed by atoms with Crippen molar-refractivity contribution in [1.82, 2.24) is 4.72 Å². The molecule has 0 aliphatic carbocycles. The lowest BCUT2D eigenvalue weighted by Gasteiger charge is -2.16. The summed E-state index contributed by atoms with van der Waals surface area (Å²) >= 11 is 0. The second-order valence-corrected chi connectivity index (χ2v) is 7.94. The van der Waals surface area contributed by atoms with Crippen molar-refractivity contribution >= 4 is 33.2 Å². The molecule has 1 heterocycles. The molecule has 1 aliphatic heterocycles. The van der Waals surface area contributed by atoms with Gasteiger partial charge >= 0.3 is 0 Å². The van der Waals surface area contributed by atoms with Crippen molar-refractivity contribution in [2.45, 2.75) is 24.7 Å². The van der Waals surface area contributed by atoms with E-state index in [0.29, 0.717) is 30.8 Å². The molecule has 0 saturated carbocycles. The maximum atomic E-state index is 12.4. The van der Waals surface area contributed by atoms with Gasteiger partial charge in [0.25, 0.3) is 5.91 Å². The van der Waals surface area contributed by atoms with Crippen molar-refractivity contribution < 1.29 is 18.0 Å². The molecule has 7 nitrogen and oxygen atoms in total. The second-order valence-electron chi connectivity index (χ2n) is 6.18. The number of anilines is 2. The number of carbonyl (C=O) groups is 2. The summed E-state index contributed by atoms with van der Waals surface area (Å²) < 4.78 is 26.3. The molecule has 2 aromatic carbocycles. The van der Waals surface area contributed by atoms with Gasteiger partial charge in [-0.05, 0) is 55.0 Å². The topological polar surface area (TPSA) is 95.6 Å². The Bertz CT molecular complexity index is 938. The number of rotatable bonds is 6. The molecule has 0 spiro atoms. The number of benzene rings is 2. The van der Waals surface area contributed by atoms with Crippen LogP contribution in [-0.2, 0) is 14.8 Å². The Morgan fingerprint density at radius 2 is 1.74 bits per heavy atom. The fourth-order valence-corrected chi connectivity index (χ4v) is 3.95. The van der Waals surface area contributed by atoms with Gasteiger partial charge in [-0.15, -0.1) is 0 Å². The van der Waals surface area contributed by atoms with Gasteiger partial charge in [-0.3, -0.25) is 9.59 Å². The van der Waals surface area contributed by atoms with Crippen LogP contribution in [0, 0.1) is 0 Å². The third kappa shape index (κ3) is 4.35. The Labute approximate surface area is 158 Å². The molecule has 1 aliphatic rings. The van der Waals surface area contributed by atoms with Crippen LogP contribution in [0.2, 0.25) is 0 Å². The Balaban J connectivity index is 1.67. The van der Waals surface area contributed by atoms with Crippen LogP contribution in [0.15, 0.2) is 53.4 Å². The van der Waals surface area contributed by atoms with Gasteiger partial charge in [-0.1, -0.05) is 6.92 Å². The standard InChI is InChI=1S/C19H21N3O4S/c1-2-20-27(25,26)17-11-5-14(6-12-17)19(24)21-15-7-9-16(10-8-15)22-13-3-4-18(22)23/h5-12,20H,2-4,13H2,1H3,(H,21,24). The average Bonchev–Trinajstić information content (AvgIpc) is 3.08. The van der Waals surface area contributed by atoms with E-state index in [0.717, 1.165) is 12.1 Å². The molecule has 0 unspecified atom stereocenters. The SMILES string of the molecule is CCNS(=O)(=O)c1ccc(C(=O)Nc2ccc(N3CCCC3=O)cc2)cc1. The zero-order valence-electron chi connectivity index (χ0n) is 14.9. The zero-order chi connectivity index (χ0) is 19.4. The van der Waals surface area contributed by atoms with Crippen molar-refractivity contribution in [2.75, 3.05) is 23.3 Å². The predicted molar refractivity (Wildman–Crippen MR) is 103 cm³/mol. The van der Waals surface area contributed by atoms with Gasteiger partial charge in [-0.2, -0.15) is 0 Å². The molecular weight excluding hydrogens is 366 g/mol. The first kappa shape index (κ1) is 19.1. The molecule has 3 rings (SSSR count). The highest BCUT2D eigenvalue weighted by Crippen LogP contribution is 2.23. The van der Waals surface area contributed by atoms with Gasteiger partial charge in [0.1, 0.15) is 0 Å². The average molecular weight is 387 g/mol. The quantitative estimate of drug-likeness (QED) is 0.795. The maximum Gasteiger partial charge on any atom is 0.255 e. The summed E-state index contributed by atoms with van der Waals surface area (Å²) in [5.41, 5.74) is 1.76.